The summed E-state index contributed by atoms with van der Waals surface area (Å²) < 4.78 is 0. The topological polar surface area (TPSA) is 20.2 Å². The Bertz CT molecular complexity index is 516. The molecule has 0 amide bonds. The van der Waals surface area contributed by atoms with Gasteiger partial charge in [0.15, 0.2) is 0 Å². The van der Waals surface area contributed by atoms with Crippen LogP contribution < -0.4 is 0 Å². The van der Waals surface area contributed by atoms with Gasteiger partial charge in [0.2, 0.25) is 0 Å². The summed E-state index contributed by atoms with van der Waals surface area (Å²) in [7, 11) is 0. The van der Waals surface area contributed by atoms with Gasteiger partial charge in [-0.3, -0.25) is 0 Å². The average molecular weight is 284 g/mol. The Labute approximate surface area is 129 Å². The molecule has 2 aromatic carbocycles. The molecule has 1 heteroatoms. The van der Waals surface area contributed by atoms with Crippen LogP contribution in [0.15, 0.2) is 54.6 Å². The molecular weight excluding hydrogens is 256 g/mol. The summed E-state index contributed by atoms with van der Waals surface area (Å²) in [4.78, 5) is 0. The van der Waals surface area contributed by atoms with Crippen molar-refractivity contribution in [1.82, 2.24) is 0 Å². The first-order valence-corrected chi connectivity index (χ1v) is 7.46. The molecule has 0 radical (unpaired) electrons. The Morgan fingerprint density at radius 1 is 0.667 bits per heavy atom. The van der Waals surface area contributed by atoms with Crippen molar-refractivity contribution in [3.8, 4) is 5.75 Å². The van der Waals surface area contributed by atoms with Crippen LogP contribution in [0.25, 0.3) is 0 Å². The SMILES string of the molecule is CC(C)(C)c1ccc(O)c(C(C)(C)C)c1.c1ccccc1. The maximum atomic E-state index is 9.84. The van der Waals surface area contributed by atoms with E-state index in [1.54, 1.807) is 6.07 Å². The summed E-state index contributed by atoms with van der Waals surface area (Å²) >= 11 is 0. The van der Waals surface area contributed by atoms with Crippen LogP contribution in [0.4, 0.5) is 0 Å². The molecule has 0 aliphatic carbocycles. The molecule has 2 aromatic rings. The van der Waals surface area contributed by atoms with Gasteiger partial charge in [-0.1, -0.05) is 90.1 Å². The standard InChI is InChI=1S/C14H22O.C6H6/c1-13(2,3)10-7-8-12(15)11(9-10)14(4,5)6;1-2-4-6-5-3-1/h7-9,15H,1-6H3;1-6H. The maximum Gasteiger partial charge on any atom is 0.119 e. The van der Waals surface area contributed by atoms with Crippen molar-refractivity contribution >= 4 is 0 Å². The molecule has 0 fully saturated rings. The van der Waals surface area contributed by atoms with Crippen molar-refractivity contribution in [3.05, 3.63) is 65.7 Å². The molecule has 2 rings (SSSR count). The Kier molecular flexibility index (Phi) is 5.60. The summed E-state index contributed by atoms with van der Waals surface area (Å²) in [5.74, 6) is 0.399. The highest BCUT2D eigenvalue weighted by Gasteiger charge is 2.21. The lowest BCUT2D eigenvalue weighted by atomic mass is 9.80. The van der Waals surface area contributed by atoms with Crippen molar-refractivity contribution in [2.75, 3.05) is 0 Å². The highest BCUT2D eigenvalue weighted by Crippen LogP contribution is 2.34. The van der Waals surface area contributed by atoms with E-state index in [-0.39, 0.29) is 10.8 Å². The molecule has 1 N–H and O–H groups in total. The normalized spacial score (nSPS) is 11.5. The molecule has 0 heterocycles. The molecule has 0 atom stereocenters. The second kappa shape index (κ2) is 6.80. The van der Waals surface area contributed by atoms with Crippen LogP contribution >= 0.6 is 0 Å². The summed E-state index contributed by atoms with van der Waals surface area (Å²) in [6, 6.07) is 17.9. The molecule has 0 bridgehead atoms. The molecule has 114 valence electrons. The maximum absolute atomic E-state index is 9.84. The van der Waals surface area contributed by atoms with Crippen molar-refractivity contribution in [2.45, 2.75) is 52.4 Å². The molecule has 0 saturated heterocycles. The fourth-order valence-electron chi connectivity index (χ4n) is 1.99. The van der Waals surface area contributed by atoms with E-state index >= 15 is 0 Å². The lowest BCUT2D eigenvalue weighted by Crippen LogP contribution is -2.16. The van der Waals surface area contributed by atoms with E-state index in [2.05, 4.69) is 47.6 Å². The molecular formula is C20H28O. The van der Waals surface area contributed by atoms with Gasteiger partial charge in [-0.25, -0.2) is 0 Å². The fourth-order valence-corrected chi connectivity index (χ4v) is 1.99. The van der Waals surface area contributed by atoms with Gasteiger partial charge < -0.3 is 5.11 Å². The third kappa shape index (κ3) is 5.63. The van der Waals surface area contributed by atoms with E-state index in [4.69, 9.17) is 0 Å². The number of aromatic hydroxyl groups is 1. The van der Waals surface area contributed by atoms with Crippen molar-refractivity contribution in [3.63, 3.8) is 0 Å². The summed E-state index contributed by atoms with van der Waals surface area (Å²) in [5.41, 5.74) is 2.42. The lowest BCUT2D eigenvalue weighted by molar-refractivity contribution is 0.444. The first-order valence-electron chi connectivity index (χ1n) is 7.46. The highest BCUT2D eigenvalue weighted by atomic mass is 16.3. The minimum atomic E-state index is -0.00859. The minimum Gasteiger partial charge on any atom is -0.508 e. The van der Waals surface area contributed by atoms with Gasteiger partial charge in [0.25, 0.3) is 0 Å². The van der Waals surface area contributed by atoms with Gasteiger partial charge >= 0.3 is 0 Å². The van der Waals surface area contributed by atoms with Crippen LogP contribution in [-0.2, 0) is 10.8 Å². The molecule has 0 spiro atoms. The Balaban J connectivity index is 0.000000304. The zero-order chi connectivity index (χ0) is 16.1. The number of hydrogen-bond donors (Lipinski definition) is 1. The summed E-state index contributed by atoms with van der Waals surface area (Å²) in [5, 5.41) is 9.84. The van der Waals surface area contributed by atoms with E-state index in [9.17, 15) is 5.11 Å². The molecule has 0 saturated carbocycles. The van der Waals surface area contributed by atoms with Gasteiger partial charge in [-0.2, -0.15) is 0 Å². The van der Waals surface area contributed by atoms with E-state index in [0.29, 0.717) is 5.75 Å². The van der Waals surface area contributed by atoms with E-state index in [0.717, 1.165) is 5.56 Å². The van der Waals surface area contributed by atoms with Gasteiger partial charge in [0, 0.05) is 0 Å². The van der Waals surface area contributed by atoms with Crippen LogP contribution in [0, 0.1) is 0 Å². The van der Waals surface area contributed by atoms with Gasteiger partial charge in [0.1, 0.15) is 5.75 Å². The lowest BCUT2D eigenvalue weighted by Gasteiger charge is -2.25. The van der Waals surface area contributed by atoms with E-state index in [1.165, 1.54) is 5.56 Å². The van der Waals surface area contributed by atoms with Crippen molar-refractivity contribution in [1.29, 1.82) is 0 Å². The second-order valence-electron chi connectivity index (χ2n) is 7.39. The monoisotopic (exact) mass is 284 g/mol. The minimum absolute atomic E-state index is 0.00859. The smallest absolute Gasteiger partial charge is 0.119 e. The number of rotatable bonds is 0. The van der Waals surface area contributed by atoms with Crippen LogP contribution in [0.5, 0.6) is 5.75 Å². The number of hydrogen-bond acceptors (Lipinski definition) is 1. The van der Waals surface area contributed by atoms with Crippen molar-refractivity contribution in [2.24, 2.45) is 0 Å². The van der Waals surface area contributed by atoms with E-state index in [1.807, 2.05) is 42.5 Å². The largest absolute Gasteiger partial charge is 0.508 e. The molecule has 1 nitrogen and oxygen atoms in total. The number of benzene rings is 2. The summed E-state index contributed by atoms with van der Waals surface area (Å²) in [6.45, 7) is 12.9. The van der Waals surface area contributed by atoms with Gasteiger partial charge in [-0.15, -0.1) is 0 Å². The third-order valence-corrected chi connectivity index (χ3v) is 3.34. The summed E-state index contributed by atoms with van der Waals surface area (Å²) in [6.07, 6.45) is 0. The van der Waals surface area contributed by atoms with Crippen LogP contribution in [0.2, 0.25) is 0 Å². The van der Waals surface area contributed by atoms with Gasteiger partial charge in [0.05, 0.1) is 0 Å². The van der Waals surface area contributed by atoms with Crippen LogP contribution in [0.1, 0.15) is 52.7 Å². The third-order valence-electron chi connectivity index (χ3n) is 3.34. The number of phenols is 1. The zero-order valence-corrected chi connectivity index (χ0v) is 14.1. The van der Waals surface area contributed by atoms with Crippen LogP contribution in [0.3, 0.4) is 0 Å². The Morgan fingerprint density at radius 2 is 1.10 bits per heavy atom. The predicted octanol–water partition coefficient (Wildman–Crippen LogP) is 5.67. The highest BCUT2D eigenvalue weighted by molar-refractivity contribution is 5.42. The predicted molar refractivity (Wildman–Crippen MR) is 91.9 cm³/mol. The molecule has 0 unspecified atom stereocenters. The van der Waals surface area contributed by atoms with Gasteiger partial charge in [-0.05, 0) is 28.0 Å². The number of phenolic OH excluding ortho intramolecular Hbond substituents is 1. The Hall–Kier alpha value is -1.76. The molecule has 0 aromatic heterocycles. The van der Waals surface area contributed by atoms with Crippen molar-refractivity contribution < 1.29 is 5.11 Å². The molecule has 0 aliphatic heterocycles. The Morgan fingerprint density at radius 3 is 1.43 bits per heavy atom. The average Bonchev–Trinajstić information content (AvgIpc) is 2.39. The first kappa shape index (κ1) is 17.3. The molecule has 0 aliphatic rings. The second-order valence-corrected chi connectivity index (χ2v) is 7.39. The fraction of sp³-hybridized carbons (Fsp3) is 0.400. The quantitative estimate of drug-likeness (QED) is 0.660. The first-order chi connectivity index (χ1) is 9.62. The van der Waals surface area contributed by atoms with E-state index < -0.39 is 0 Å². The van der Waals surface area contributed by atoms with Crippen LogP contribution in [-0.4, -0.2) is 5.11 Å². The zero-order valence-electron chi connectivity index (χ0n) is 14.1. The molecule has 21 heavy (non-hydrogen) atoms.